The molecule has 0 aromatic carbocycles. The van der Waals surface area contributed by atoms with Gasteiger partial charge in [-0.1, -0.05) is 32.6 Å². The Balaban J connectivity index is 1.97. The maximum atomic E-state index is 10.2. The lowest BCUT2D eigenvalue weighted by Crippen LogP contribution is -2.17. The van der Waals surface area contributed by atoms with Gasteiger partial charge in [-0.05, 0) is 34.7 Å². The zero-order valence-corrected chi connectivity index (χ0v) is 12.9. The highest BCUT2D eigenvalue weighted by molar-refractivity contribution is 9.10. The van der Waals surface area contributed by atoms with Crippen LogP contribution < -0.4 is 0 Å². The highest BCUT2D eigenvalue weighted by Gasteiger charge is 2.21. The summed E-state index contributed by atoms with van der Waals surface area (Å²) in [6.45, 7) is 2.10. The van der Waals surface area contributed by atoms with Gasteiger partial charge in [0.1, 0.15) is 0 Å². The lowest BCUT2D eigenvalue weighted by molar-refractivity contribution is 0.141. The van der Waals surface area contributed by atoms with Crippen molar-refractivity contribution >= 4 is 15.9 Å². The van der Waals surface area contributed by atoms with Crippen LogP contribution in [-0.2, 0) is 19.9 Å². The van der Waals surface area contributed by atoms with Crippen molar-refractivity contribution in [2.75, 3.05) is 0 Å². The summed E-state index contributed by atoms with van der Waals surface area (Å²) in [6.07, 6.45) is 7.62. The van der Waals surface area contributed by atoms with E-state index in [-0.39, 0.29) is 6.10 Å². The molecule has 0 radical (unpaired) electrons. The summed E-state index contributed by atoms with van der Waals surface area (Å²) in [6, 6.07) is 0. The van der Waals surface area contributed by atoms with E-state index in [9.17, 15) is 5.11 Å². The Hall–Kier alpha value is -0.350. The normalized spacial score (nSPS) is 18.4. The van der Waals surface area contributed by atoms with E-state index in [4.69, 9.17) is 0 Å². The standard InChI is InChI=1S/C14H23BrN2O/c1-3-12-14(15)13(17(2)16-12)9-11(18)8-10-6-4-5-7-10/h10-11,18H,3-9H2,1-2H3. The minimum Gasteiger partial charge on any atom is -0.393 e. The molecule has 3 nitrogen and oxygen atoms in total. The maximum absolute atomic E-state index is 10.2. The van der Waals surface area contributed by atoms with E-state index in [2.05, 4.69) is 28.0 Å². The Bertz CT molecular complexity index is 397. The van der Waals surface area contributed by atoms with Gasteiger partial charge >= 0.3 is 0 Å². The number of hydrogen-bond acceptors (Lipinski definition) is 2. The summed E-state index contributed by atoms with van der Waals surface area (Å²) >= 11 is 3.61. The number of aromatic nitrogens is 2. The number of rotatable bonds is 5. The van der Waals surface area contributed by atoms with Gasteiger partial charge in [-0.3, -0.25) is 4.68 Å². The van der Waals surface area contributed by atoms with Crippen molar-refractivity contribution < 1.29 is 5.11 Å². The van der Waals surface area contributed by atoms with E-state index in [0.717, 1.165) is 34.6 Å². The van der Waals surface area contributed by atoms with Crippen LogP contribution in [0.25, 0.3) is 0 Å². The van der Waals surface area contributed by atoms with Crippen LogP contribution in [0.15, 0.2) is 4.47 Å². The molecule has 1 atom stereocenters. The van der Waals surface area contributed by atoms with E-state index in [1.54, 1.807) is 0 Å². The zero-order valence-electron chi connectivity index (χ0n) is 11.3. The Kier molecular flexibility index (Phi) is 4.84. The summed E-state index contributed by atoms with van der Waals surface area (Å²) in [4.78, 5) is 0. The molecule has 1 heterocycles. The molecular formula is C14H23BrN2O. The Morgan fingerprint density at radius 2 is 2.11 bits per heavy atom. The first-order valence-electron chi connectivity index (χ1n) is 7.00. The van der Waals surface area contributed by atoms with Gasteiger partial charge in [-0.15, -0.1) is 0 Å². The number of aryl methyl sites for hydroxylation is 2. The van der Waals surface area contributed by atoms with Gasteiger partial charge in [-0.2, -0.15) is 5.10 Å². The Labute approximate surface area is 118 Å². The molecule has 1 aliphatic rings. The van der Waals surface area contributed by atoms with Crippen LogP contribution in [0, 0.1) is 5.92 Å². The molecule has 1 aromatic heterocycles. The van der Waals surface area contributed by atoms with Crippen LogP contribution in [0.1, 0.15) is 50.4 Å². The molecule has 0 aliphatic heterocycles. The van der Waals surface area contributed by atoms with Crippen molar-refractivity contribution in [2.45, 2.75) is 58.0 Å². The van der Waals surface area contributed by atoms with Gasteiger partial charge in [0.05, 0.1) is 22.0 Å². The van der Waals surface area contributed by atoms with Crippen molar-refractivity contribution in [2.24, 2.45) is 13.0 Å². The number of aliphatic hydroxyl groups excluding tert-OH is 1. The van der Waals surface area contributed by atoms with Gasteiger partial charge in [0.2, 0.25) is 0 Å². The second-order valence-electron chi connectivity index (χ2n) is 5.43. The van der Waals surface area contributed by atoms with Gasteiger partial charge in [0, 0.05) is 13.5 Å². The number of nitrogens with zero attached hydrogens (tertiary/aromatic N) is 2. The molecule has 1 aromatic rings. The lowest BCUT2D eigenvalue weighted by atomic mass is 9.97. The van der Waals surface area contributed by atoms with E-state index < -0.39 is 0 Å². The number of aliphatic hydroxyl groups is 1. The maximum Gasteiger partial charge on any atom is 0.0766 e. The van der Waals surface area contributed by atoms with Crippen LogP contribution >= 0.6 is 15.9 Å². The van der Waals surface area contributed by atoms with Crippen molar-refractivity contribution in [3.8, 4) is 0 Å². The molecule has 0 saturated heterocycles. The average Bonchev–Trinajstić information content (AvgIpc) is 2.92. The van der Waals surface area contributed by atoms with Crippen LogP contribution in [0.5, 0.6) is 0 Å². The summed E-state index contributed by atoms with van der Waals surface area (Å²) < 4.78 is 2.99. The first-order valence-corrected chi connectivity index (χ1v) is 7.79. The van der Waals surface area contributed by atoms with E-state index in [1.165, 1.54) is 25.7 Å². The van der Waals surface area contributed by atoms with E-state index in [0.29, 0.717) is 6.42 Å². The summed E-state index contributed by atoms with van der Waals surface area (Å²) in [7, 11) is 1.96. The van der Waals surface area contributed by atoms with Crippen LogP contribution in [0.4, 0.5) is 0 Å². The molecule has 1 unspecified atom stereocenters. The van der Waals surface area contributed by atoms with Crippen molar-refractivity contribution in [3.05, 3.63) is 15.9 Å². The lowest BCUT2D eigenvalue weighted by Gasteiger charge is -2.15. The van der Waals surface area contributed by atoms with E-state index >= 15 is 0 Å². The third-order valence-electron chi connectivity index (χ3n) is 4.01. The fourth-order valence-electron chi connectivity index (χ4n) is 2.98. The molecule has 1 aliphatic carbocycles. The molecule has 0 bridgehead atoms. The average molecular weight is 315 g/mol. The SMILES string of the molecule is CCc1nn(C)c(CC(O)CC2CCCC2)c1Br. The molecule has 0 amide bonds. The van der Waals surface area contributed by atoms with Crippen molar-refractivity contribution in [1.29, 1.82) is 0 Å². The van der Waals surface area contributed by atoms with Gasteiger partial charge in [0.15, 0.2) is 0 Å². The molecule has 1 fully saturated rings. The summed E-state index contributed by atoms with van der Waals surface area (Å²) in [5.41, 5.74) is 2.21. The number of halogens is 1. The molecule has 102 valence electrons. The first-order chi connectivity index (χ1) is 8.61. The molecule has 4 heteroatoms. The predicted molar refractivity (Wildman–Crippen MR) is 76.6 cm³/mol. The quantitative estimate of drug-likeness (QED) is 0.906. The summed E-state index contributed by atoms with van der Waals surface area (Å²) in [5, 5.41) is 14.7. The zero-order chi connectivity index (χ0) is 13.1. The Morgan fingerprint density at radius 1 is 1.44 bits per heavy atom. The van der Waals surface area contributed by atoms with Gasteiger partial charge in [0.25, 0.3) is 0 Å². The van der Waals surface area contributed by atoms with Crippen LogP contribution in [0.2, 0.25) is 0 Å². The second-order valence-corrected chi connectivity index (χ2v) is 6.22. The Morgan fingerprint density at radius 3 is 2.67 bits per heavy atom. The molecule has 2 rings (SSSR count). The molecule has 0 spiro atoms. The smallest absolute Gasteiger partial charge is 0.0766 e. The minimum absolute atomic E-state index is 0.232. The minimum atomic E-state index is -0.232. The van der Waals surface area contributed by atoms with Crippen molar-refractivity contribution in [1.82, 2.24) is 9.78 Å². The third-order valence-corrected chi connectivity index (χ3v) is 4.93. The second kappa shape index (κ2) is 6.20. The molecule has 18 heavy (non-hydrogen) atoms. The van der Waals surface area contributed by atoms with Gasteiger partial charge < -0.3 is 5.11 Å². The topological polar surface area (TPSA) is 38.0 Å². The van der Waals surface area contributed by atoms with E-state index in [1.807, 2.05) is 11.7 Å². The molecule has 1 N–H and O–H groups in total. The van der Waals surface area contributed by atoms with Crippen LogP contribution in [-0.4, -0.2) is 21.0 Å². The first kappa shape index (κ1) is 14.1. The largest absolute Gasteiger partial charge is 0.393 e. The molecule has 1 saturated carbocycles. The fraction of sp³-hybridized carbons (Fsp3) is 0.786. The third kappa shape index (κ3) is 3.15. The number of hydrogen-bond donors (Lipinski definition) is 1. The highest BCUT2D eigenvalue weighted by atomic mass is 79.9. The fourth-order valence-corrected chi connectivity index (χ4v) is 3.76. The summed E-state index contributed by atoms with van der Waals surface area (Å²) in [5.74, 6) is 0.734. The molecular weight excluding hydrogens is 292 g/mol. The predicted octanol–water partition coefficient (Wildman–Crippen LogP) is 3.23. The monoisotopic (exact) mass is 314 g/mol. The van der Waals surface area contributed by atoms with Crippen LogP contribution in [0.3, 0.4) is 0 Å². The van der Waals surface area contributed by atoms with Crippen molar-refractivity contribution in [3.63, 3.8) is 0 Å². The highest BCUT2D eigenvalue weighted by Crippen LogP contribution is 2.30. The van der Waals surface area contributed by atoms with Gasteiger partial charge in [-0.25, -0.2) is 0 Å².